The van der Waals surface area contributed by atoms with Crippen molar-refractivity contribution >= 4 is 41.8 Å². The summed E-state index contributed by atoms with van der Waals surface area (Å²) in [5.41, 5.74) is 1.21. The number of hydrogen-bond acceptors (Lipinski definition) is 8. The van der Waals surface area contributed by atoms with Crippen LogP contribution < -0.4 is 0 Å². The number of methoxy groups -OCH3 is 1. The molecule has 14 nitrogen and oxygen atoms in total. The molecule has 0 aromatic carbocycles. The van der Waals surface area contributed by atoms with Crippen molar-refractivity contribution in [1.82, 2.24) is 0 Å². The van der Waals surface area contributed by atoms with E-state index in [4.69, 9.17) is 35.4 Å². The number of ether oxygens (including phenoxy) is 1. The molecule has 0 amide bonds. The Kier molecular flexibility index (Phi) is 47.9. The molecule has 0 saturated heterocycles. The van der Waals surface area contributed by atoms with Crippen LogP contribution in [0.1, 0.15) is 41.5 Å². The average Bonchev–Trinajstić information content (AvgIpc) is 3.20. The molecule has 0 aromatic heterocycles. The summed E-state index contributed by atoms with van der Waals surface area (Å²) in [6.45, 7) is 46.2. The van der Waals surface area contributed by atoms with E-state index in [2.05, 4.69) is 72.4 Å². The van der Waals surface area contributed by atoms with Crippen LogP contribution in [0, 0.1) is 5.41 Å². The minimum atomic E-state index is -0.935. The molecular weight excluding hydrogens is 813 g/mol. The van der Waals surface area contributed by atoms with Crippen LogP contribution in [0.4, 0.5) is 0 Å². The largest absolute Gasteiger partial charge is 0.478 e. The van der Waals surface area contributed by atoms with Crippen molar-refractivity contribution in [3.63, 3.8) is 0 Å². The summed E-state index contributed by atoms with van der Waals surface area (Å²) < 4.78 is 5.10. The lowest BCUT2D eigenvalue weighted by Crippen LogP contribution is -2.24. The molecule has 0 saturated carbocycles. The van der Waals surface area contributed by atoms with Gasteiger partial charge in [-0.15, -0.1) is 0 Å². The number of carbonyl (C=O) groups is 7. The van der Waals surface area contributed by atoms with Crippen molar-refractivity contribution < 1.29 is 68.9 Å². The molecule has 0 spiro atoms. The lowest BCUT2D eigenvalue weighted by Gasteiger charge is -2.27. The highest BCUT2D eigenvalue weighted by Crippen LogP contribution is 2.37. The second-order valence-electron chi connectivity index (χ2n) is 11.7. The molecular formula is C49H64O14. The van der Waals surface area contributed by atoms with Gasteiger partial charge in [-0.1, -0.05) is 164 Å². The third kappa shape index (κ3) is 48.1. The summed E-state index contributed by atoms with van der Waals surface area (Å²) in [5.74, 6) is -6.08. The molecule has 6 N–H and O–H groups in total. The molecule has 0 aliphatic heterocycles. The van der Waals surface area contributed by atoms with E-state index in [0.717, 1.165) is 0 Å². The Labute approximate surface area is 372 Å². The summed E-state index contributed by atoms with van der Waals surface area (Å²) in [6, 6.07) is 0. The maximum Gasteiger partial charge on any atom is 0.335 e. The van der Waals surface area contributed by atoms with Crippen LogP contribution >= 0.6 is 0 Å². The van der Waals surface area contributed by atoms with E-state index in [1.54, 1.807) is 72.9 Å². The van der Waals surface area contributed by atoms with Crippen LogP contribution in [-0.2, 0) is 38.3 Å². The number of carboxylic acids is 6. The van der Waals surface area contributed by atoms with E-state index in [-0.39, 0.29) is 33.4 Å². The molecule has 0 aliphatic rings. The van der Waals surface area contributed by atoms with Crippen LogP contribution in [-0.4, -0.2) is 79.5 Å². The Hall–Kier alpha value is -8.13. The summed E-state index contributed by atoms with van der Waals surface area (Å²) >= 11 is 0. The molecule has 0 bridgehead atoms. The molecule has 0 aliphatic carbocycles. The van der Waals surface area contributed by atoms with Crippen LogP contribution in [0.25, 0.3) is 0 Å². The van der Waals surface area contributed by atoms with Crippen molar-refractivity contribution in [3.05, 3.63) is 208 Å². The lowest BCUT2D eigenvalue weighted by atomic mass is 9.76. The smallest absolute Gasteiger partial charge is 0.335 e. The van der Waals surface area contributed by atoms with Gasteiger partial charge >= 0.3 is 41.8 Å². The van der Waals surface area contributed by atoms with Gasteiger partial charge in [-0.25, -0.2) is 33.6 Å². The first-order valence-electron chi connectivity index (χ1n) is 17.6. The van der Waals surface area contributed by atoms with Gasteiger partial charge in [-0.2, -0.15) is 0 Å². The predicted octanol–water partition coefficient (Wildman–Crippen LogP) is 10.0. The number of rotatable bonds is 18. The zero-order valence-electron chi connectivity index (χ0n) is 37.4. The molecule has 0 heterocycles. The first-order valence-corrected chi connectivity index (χ1v) is 17.6. The second-order valence-corrected chi connectivity index (χ2v) is 11.7. The summed E-state index contributed by atoms with van der Waals surface area (Å²) in [7, 11) is 1.35. The highest BCUT2D eigenvalue weighted by atomic mass is 16.5. The zero-order valence-corrected chi connectivity index (χ0v) is 37.4. The number of carbonyl (C=O) groups excluding carboxylic acids is 1. The molecule has 0 aromatic rings. The molecule has 0 rings (SSSR count). The number of esters is 1. The van der Waals surface area contributed by atoms with Crippen molar-refractivity contribution in [2.24, 2.45) is 5.41 Å². The third-order valence-corrected chi connectivity index (χ3v) is 5.65. The molecule has 344 valence electrons. The van der Waals surface area contributed by atoms with Crippen LogP contribution in [0.5, 0.6) is 0 Å². The standard InChI is InChI=1S/C25H28O2.6C4H6O2/c1-7-12-17-22(18-13-8-2)23(24(26)27-6)25(19-14-9-3,20-15-10-4)21-16-11-5;6*1-3(2)4(5)6/h7-21H,1-5H2,6H3;6*1H2,2H3,(H,5,6). The van der Waals surface area contributed by atoms with Crippen molar-refractivity contribution in [1.29, 1.82) is 0 Å². The van der Waals surface area contributed by atoms with Crippen LogP contribution in [0.15, 0.2) is 208 Å². The minimum absolute atomic E-state index is 0.176. The number of hydrogen-bond donors (Lipinski definition) is 6. The van der Waals surface area contributed by atoms with Crippen molar-refractivity contribution in [2.75, 3.05) is 7.11 Å². The third-order valence-electron chi connectivity index (χ3n) is 5.65. The number of aliphatic carboxylic acids is 6. The van der Waals surface area contributed by atoms with Gasteiger partial charge in [0.15, 0.2) is 0 Å². The van der Waals surface area contributed by atoms with Crippen LogP contribution in [0.2, 0.25) is 0 Å². The molecule has 0 unspecified atom stereocenters. The maximum absolute atomic E-state index is 12.8. The van der Waals surface area contributed by atoms with Gasteiger partial charge in [0.2, 0.25) is 0 Å². The fraction of sp³-hybridized carbons (Fsp3) is 0.163. The Morgan fingerprint density at radius 3 is 0.698 bits per heavy atom. The highest BCUT2D eigenvalue weighted by Gasteiger charge is 2.33. The Balaban J connectivity index is -0.000000140. The van der Waals surface area contributed by atoms with E-state index in [1.165, 1.54) is 48.7 Å². The second kappa shape index (κ2) is 43.4. The fourth-order valence-corrected chi connectivity index (χ4v) is 2.31. The quantitative estimate of drug-likeness (QED) is 0.0426. The topological polar surface area (TPSA) is 250 Å². The number of carboxylic acid groups (broad SMARTS) is 6. The lowest BCUT2D eigenvalue weighted by molar-refractivity contribution is -0.137. The van der Waals surface area contributed by atoms with E-state index < -0.39 is 47.2 Å². The first kappa shape index (κ1) is 69.5. The van der Waals surface area contributed by atoms with Crippen molar-refractivity contribution in [3.8, 4) is 0 Å². The average molecular weight is 877 g/mol. The monoisotopic (exact) mass is 876 g/mol. The molecule has 14 heteroatoms. The minimum Gasteiger partial charge on any atom is -0.478 e. The van der Waals surface area contributed by atoms with E-state index in [1.807, 2.05) is 18.2 Å². The molecule has 0 fully saturated rings. The van der Waals surface area contributed by atoms with Gasteiger partial charge in [-0.3, -0.25) is 0 Å². The SMILES string of the molecule is C=C(C)C(=O)O.C=C(C)C(=O)O.C=C(C)C(=O)O.C=C(C)C(=O)O.C=C(C)C(=O)O.C=C(C)C(=O)O.C=CC=CC(C=CC=C)=C(C(=O)OC)C(C=CC=C)(C=CC=C)C=CC=C. The summed E-state index contributed by atoms with van der Waals surface area (Å²) in [4.78, 5) is 70.4. The Morgan fingerprint density at radius 1 is 0.397 bits per heavy atom. The van der Waals surface area contributed by atoms with Crippen LogP contribution in [0.3, 0.4) is 0 Å². The number of allylic oxidation sites excluding steroid dienone is 16. The fourth-order valence-electron chi connectivity index (χ4n) is 2.31. The van der Waals surface area contributed by atoms with Gasteiger partial charge in [-0.05, 0) is 47.1 Å². The highest BCUT2D eigenvalue weighted by molar-refractivity contribution is 5.94. The van der Waals surface area contributed by atoms with Gasteiger partial charge in [0.25, 0.3) is 0 Å². The van der Waals surface area contributed by atoms with Crippen molar-refractivity contribution in [2.45, 2.75) is 41.5 Å². The van der Waals surface area contributed by atoms with Gasteiger partial charge in [0.1, 0.15) is 0 Å². The molecule has 0 atom stereocenters. The summed E-state index contributed by atoms with van der Waals surface area (Å²) in [5, 5.41) is 47.3. The van der Waals surface area contributed by atoms with Gasteiger partial charge in [0, 0.05) is 33.4 Å². The van der Waals surface area contributed by atoms with Gasteiger partial charge < -0.3 is 35.4 Å². The summed E-state index contributed by atoms with van der Waals surface area (Å²) in [6.07, 6.45) is 26.2. The normalized spacial score (nSPS) is 10.2. The Bertz CT molecular complexity index is 1560. The van der Waals surface area contributed by atoms with E-state index in [9.17, 15) is 33.6 Å². The van der Waals surface area contributed by atoms with E-state index >= 15 is 0 Å². The Morgan fingerprint density at radius 2 is 0.571 bits per heavy atom. The predicted molar refractivity (Wildman–Crippen MR) is 253 cm³/mol. The molecule has 63 heavy (non-hydrogen) atoms. The maximum atomic E-state index is 12.8. The zero-order chi connectivity index (χ0) is 51.5. The van der Waals surface area contributed by atoms with Gasteiger partial charge in [0.05, 0.1) is 18.1 Å². The first-order chi connectivity index (χ1) is 28.9. The molecule has 0 radical (unpaired) electrons. The van der Waals surface area contributed by atoms with E-state index in [0.29, 0.717) is 11.1 Å².